The number of fused-ring (bicyclic) bond motifs is 2. The van der Waals surface area contributed by atoms with E-state index in [1.54, 1.807) is 6.33 Å². The van der Waals surface area contributed by atoms with Crippen molar-refractivity contribution in [1.29, 1.82) is 0 Å². The predicted molar refractivity (Wildman–Crippen MR) is 90.6 cm³/mol. The van der Waals surface area contributed by atoms with E-state index < -0.39 is 0 Å². The van der Waals surface area contributed by atoms with Crippen molar-refractivity contribution in [3.05, 3.63) is 18.6 Å². The minimum atomic E-state index is -0.382. The van der Waals surface area contributed by atoms with Crippen LogP contribution in [0.4, 0.5) is 5.82 Å². The quantitative estimate of drug-likeness (QED) is 0.878. The van der Waals surface area contributed by atoms with Gasteiger partial charge in [-0.1, -0.05) is 0 Å². The van der Waals surface area contributed by atoms with Crippen LogP contribution >= 0.6 is 0 Å². The van der Waals surface area contributed by atoms with Gasteiger partial charge in [0.2, 0.25) is 5.91 Å². The number of nitrogens with one attached hydrogen (secondary N) is 1. The Morgan fingerprint density at radius 1 is 1.42 bits per heavy atom. The van der Waals surface area contributed by atoms with Gasteiger partial charge < -0.3 is 19.9 Å². The molecule has 128 valence electrons. The Kier molecular flexibility index (Phi) is 3.88. The Morgan fingerprint density at radius 3 is 3.08 bits per heavy atom. The summed E-state index contributed by atoms with van der Waals surface area (Å²) < 4.78 is 0. The number of hydrogen-bond acceptors (Lipinski definition) is 5. The SMILES string of the molecule is CN(c1ncnc2[nH]ccc12)C1C[C@@H]2CCN(C(=O)CO)C[C@@H]2C1. The highest BCUT2D eigenvalue weighted by Gasteiger charge is 2.40. The Balaban J connectivity index is 1.50. The monoisotopic (exact) mass is 329 g/mol. The van der Waals surface area contributed by atoms with Crippen LogP contribution in [0.1, 0.15) is 19.3 Å². The molecule has 24 heavy (non-hydrogen) atoms. The number of rotatable bonds is 3. The molecule has 3 heterocycles. The minimum Gasteiger partial charge on any atom is -0.387 e. The van der Waals surface area contributed by atoms with E-state index in [4.69, 9.17) is 5.11 Å². The molecule has 0 aromatic carbocycles. The molecule has 2 aliphatic rings. The van der Waals surface area contributed by atoms with Crippen molar-refractivity contribution in [3.63, 3.8) is 0 Å². The highest BCUT2D eigenvalue weighted by molar-refractivity contribution is 5.87. The number of aromatic amines is 1. The van der Waals surface area contributed by atoms with Gasteiger partial charge in [-0.05, 0) is 37.2 Å². The van der Waals surface area contributed by atoms with E-state index >= 15 is 0 Å². The zero-order valence-electron chi connectivity index (χ0n) is 13.9. The van der Waals surface area contributed by atoms with Crippen LogP contribution in [0, 0.1) is 11.8 Å². The van der Waals surface area contributed by atoms with E-state index in [2.05, 4.69) is 26.9 Å². The first-order chi connectivity index (χ1) is 11.7. The van der Waals surface area contributed by atoms with E-state index in [0.29, 0.717) is 17.9 Å². The molecule has 1 aliphatic carbocycles. The van der Waals surface area contributed by atoms with Crippen LogP contribution in [-0.2, 0) is 4.79 Å². The zero-order chi connectivity index (χ0) is 16.7. The largest absolute Gasteiger partial charge is 0.387 e. The number of carbonyl (C=O) groups excluding carboxylic acids is 1. The molecule has 2 aromatic heterocycles. The Labute approximate surface area is 140 Å². The first kappa shape index (κ1) is 15.4. The van der Waals surface area contributed by atoms with Gasteiger partial charge in [0.25, 0.3) is 0 Å². The number of carbonyl (C=O) groups is 1. The lowest BCUT2D eigenvalue weighted by Crippen LogP contribution is -2.43. The van der Waals surface area contributed by atoms with E-state index in [1.165, 1.54) is 0 Å². The first-order valence-corrected chi connectivity index (χ1v) is 8.57. The van der Waals surface area contributed by atoms with Gasteiger partial charge in [-0.15, -0.1) is 0 Å². The van der Waals surface area contributed by atoms with Gasteiger partial charge in [0.05, 0.1) is 5.39 Å². The summed E-state index contributed by atoms with van der Waals surface area (Å²) in [6.07, 6.45) is 6.73. The van der Waals surface area contributed by atoms with Crippen LogP contribution in [0.25, 0.3) is 11.0 Å². The lowest BCUT2D eigenvalue weighted by atomic mass is 9.89. The van der Waals surface area contributed by atoms with Crippen molar-refractivity contribution in [2.75, 3.05) is 31.6 Å². The van der Waals surface area contributed by atoms with Crippen molar-refractivity contribution in [3.8, 4) is 0 Å². The number of likely N-dealkylation sites (tertiary alicyclic amines) is 1. The van der Waals surface area contributed by atoms with E-state index in [-0.39, 0.29) is 12.5 Å². The maximum atomic E-state index is 11.8. The van der Waals surface area contributed by atoms with E-state index in [9.17, 15) is 4.79 Å². The molecule has 1 unspecified atom stereocenters. The van der Waals surface area contributed by atoms with Crippen LogP contribution in [0.2, 0.25) is 0 Å². The Hall–Kier alpha value is -2.15. The molecule has 7 nitrogen and oxygen atoms in total. The summed E-state index contributed by atoms with van der Waals surface area (Å²) in [5.41, 5.74) is 0.863. The fraction of sp³-hybridized carbons (Fsp3) is 0.588. The topological polar surface area (TPSA) is 85.4 Å². The molecule has 2 aromatic rings. The number of aromatic nitrogens is 3. The van der Waals surface area contributed by atoms with Crippen molar-refractivity contribution < 1.29 is 9.90 Å². The minimum absolute atomic E-state index is 0.143. The number of H-pyrrole nitrogens is 1. The number of amides is 1. The maximum Gasteiger partial charge on any atom is 0.248 e. The molecule has 4 rings (SSSR count). The van der Waals surface area contributed by atoms with Crippen LogP contribution in [0.15, 0.2) is 18.6 Å². The fourth-order valence-electron chi connectivity index (χ4n) is 4.41. The number of aliphatic hydroxyl groups excluding tert-OH is 1. The molecule has 2 N–H and O–H groups in total. The third kappa shape index (κ3) is 2.53. The number of piperidine rings is 1. The zero-order valence-corrected chi connectivity index (χ0v) is 13.9. The highest BCUT2D eigenvalue weighted by Crippen LogP contribution is 2.41. The second-order valence-corrected chi connectivity index (χ2v) is 6.98. The molecule has 3 atom stereocenters. The van der Waals surface area contributed by atoms with Gasteiger partial charge in [0, 0.05) is 32.4 Å². The molecule has 1 amide bonds. The van der Waals surface area contributed by atoms with E-state index in [0.717, 1.165) is 49.2 Å². The summed E-state index contributed by atoms with van der Waals surface area (Å²) in [5.74, 6) is 2.00. The lowest BCUT2D eigenvalue weighted by molar-refractivity contribution is -0.136. The molecule has 0 radical (unpaired) electrons. The van der Waals surface area contributed by atoms with Crippen LogP contribution in [0.3, 0.4) is 0 Å². The second kappa shape index (κ2) is 6.05. The number of aliphatic hydroxyl groups is 1. The Bertz CT molecular complexity index is 745. The summed E-state index contributed by atoms with van der Waals surface area (Å²) in [4.78, 5) is 27.7. The molecule has 1 saturated carbocycles. The fourth-order valence-corrected chi connectivity index (χ4v) is 4.41. The van der Waals surface area contributed by atoms with Crippen molar-refractivity contribution in [1.82, 2.24) is 19.9 Å². The van der Waals surface area contributed by atoms with Crippen LogP contribution in [-0.4, -0.2) is 63.7 Å². The van der Waals surface area contributed by atoms with Gasteiger partial charge in [0.15, 0.2) is 0 Å². The molecule has 1 saturated heterocycles. The molecular weight excluding hydrogens is 306 g/mol. The summed E-state index contributed by atoms with van der Waals surface area (Å²) in [6, 6.07) is 2.45. The van der Waals surface area contributed by atoms with Crippen molar-refractivity contribution in [2.24, 2.45) is 11.8 Å². The average molecular weight is 329 g/mol. The first-order valence-electron chi connectivity index (χ1n) is 8.57. The number of hydrogen-bond donors (Lipinski definition) is 2. The molecule has 2 fully saturated rings. The molecule has 1 aliphatic heterocycles. The van der Waals surface area contributed by atoms with Crippen molar-refractivity contribution >= 4 is 22.8 Å². The molecular formula is C17H23N5O2. The average Bonchev–Trinajstić information content (AvgIpc) is 3.25. The number of nitrogens with zero attached hydrogens (tertiary/aromatic N) is 4. The van der Waals surface area contributed by atoms with Gasteiger partial charge in [-0.2, -0.15) is 0 Å². The number of anilines is 1. The van der Waals surface area contributed by atoms with Crippen LogP contribution < -0.4 is 4.90 Å². The second-order valence-electron chi connectivity index (χ2n) is 6.98. The van der Waals surface area contributed by atoms with Gasteiger partial charge in [-0.3, -0.25) is 4.79 Å². The predicted octanol–water partition coefficient (Wildman–Crippen LogP) is 1.01. The third-order valence-electron chi connectivity index (χ3n) is 5.74. The Morgan fingerprint density at radius 2 is 2.25 bits per heavy atom. The smallest absolute Gasteiger partial charge is 0.248 e. The maximum absolute atomic E-state index is 11.8. The molecule has 7 heteroatoms. The van der Waals surface area contributed by atoms with Crippen molar-refractivity contribution in [2.45, 2.75) is 25.3 Å². The molecule has 0 spiro atoms. The summed E-state index contributed by atoms with van der Waals surface area (Å²) >= 11 is 0. The summed E-state index contributed by atoms with van der Waals surface area (Å²) in [5, 5.41) is 10.1. The summed E-state index contributed by atoms with van der Waals surface area (Å²) in [6.45, 7) is 1.16. The van der Waals surface area contributed by atoms with Gasteiger partial charge in [0.1, 0.15) is 24.4 Å². The normalized spacial score (nSPS) is 26.6. The molecule has 0 bridgehead atoms. The van der Waals surface area contributed by atoms with Gasteiger partial charge in [-0.25, -0.2) is 9.97 Å². The van der Waals surface area contributed by atoms with E-state index in [1.807, 2.05) is 17.2 Å². The van der Waals surface area contributed by atoms with Crippen LogP contribution in [0.5, 0.6) is 0 Å². The lowest BCUT2D eigenvalue weighted by Gasteiger charge is -2.34. The highest BCUT2D eigenvalue weighted by atomic mass is 16.3. The third-order valence-corrected chi connectivity index (χ3v) is 5.74. The standard InChI is InChI=1S/C17H23N5O2/c1-21(17-14-2-4-18-16(14)19-10-20-17)13-6-11-3-5-22(15(24)9-23)8-12(11)7-13/h2,4,10-13,23H,3,5-9H2,1H3,(H,18,19,20)/t11-,12-,13?/m0/s1. The van der Waals surface area contributed by atoms with Gasteiger partial charge >= 0.3 is 0 Å². The summed E-state index contributed by atoms with van der Waals surface area (Å²) in [7, 11) is 2.10.